The summed E-state index contributed by atoms with van der Waals surface area (Å²) in [5.41, 5.74) is 2.26. The Morgan fingerprint density at radius 2 is 1.91 bits per heavy atom. The maximum absolute atomic E-state index is 14.2. The van der Waals surface area contributed by atoms with Crippen molar-refractivity contribution >= 4 is 11.6 Å². The van der Waals surface area contributed by atoms with Crippen molar-refractivity contribution in [3.05, 3.63) is 59.4 Å². The van der Waals surface area contributed by atoms with Crippen LogP contribution in [0.4, 0.5) is 9.18 Å². The van der Waals surface area contributed by atoms with E-state index in [1.54, 1.807) is 23.1 Å². The van der Waals surface area contributed by atoms with Gasteiger partial charge in [-0.25, -0.2) is 9.18 Å². The number of hydrogen-bond donors (Lipinski definition) is 2. The van der Waals surface area contributed by atoms with E-state index < -0.39 is 11.9 Å². The summed E-state index contributed by atoms with van der Waals surface area (Å²) in [6.07, 6.45) is 1.72. The van der Waals surface area contributed by atoms with E-state index >= 15 is 0 Å². The van der Waals surface area contributed by atoms with Gasteiger partial charge in [0.15, 0.2) is 23.1 Å². The summed E-state index contributed by atoms with van der Waals surface area (Å²) in [5.74, 6) is 0.172. The first kappa shape index (κ1) is 24.1. The molecule has 9 nitrogen and oxygen atoms in total. The van der Waals surface area contributed by atoms with Gasteiger partial charge in [0.05, 0.1) is 25.8 Å². The van der Waals surface area contributed by atoms with Gasteiger partial charge in [-0.2, -0.15) is 4.98 Å². The molecule has 1 aliphatic rings. The largest absolute Gasteiger partial charge is 0.504 e. The number of carbonyl (C=O) groups excluding carboxylic acids is 1. The normalized spacial score (nSPS) is 15.9. The smallest absolute Gasteiger partial charge is 0.322 e. The lowest BCUT2D eigenvalue weighted by molar-refractivity contribution is 0.204. The Balaban J connectivity index is 1.80. The van der Waals surface area contributed by atoms with Crippen LogP contribution in [0.2, 0.25) is 0 Å². The first-order chi connectivity index (χ1) is 16.9. The number of carbonyl (C=O) groups is 1. The number of nitrogens with one attached hydrogen (secondary N) is 1. The van der Waals surface area contributed by atoms with Crippen LogP contribution in [0.25, 0.3) is 17.0 Å². The molecular formula is C25H27FN4O5. The highest BCUT2D eigenvalue weighted by Crippen LogP contribution is 2.40. The topological polar surface area (TPSA) is 110 Å². The van der Waals surface area contributed by atoms with E-state index in [1.165, 1.54) is 32.4 Å². The minimum absolute atomic E-state index is 0.0652. The molecule has 184 valence electrons. The van der Waals surface area contributed by atoms with Crippen molar-refractivity contribution in [1.82, 2.24) is 20.4 Å². The Bertz CT molecular complexity index is 1270. The highest BCUT2D eigenvalue weighted by molar-refractivity contribution is 5.87. The molecule has 0 spiro atoms. The van der Waals surface area contributed by atoms with E-state index in [0.717, 1.165) is 12.8 Å². The lowest BCUT2D eigenvalue weighted by Crippen LogP contribution is -2.46. The van der Waals surface area contributed by atoms with Crippen LogP contribution in [-0.2, 0) is 0 Å². The number of aromatic nitrogens is 2. The number of halogens is 1. The fourth-order valence-electron chi connectivity index (χ4n) is 4.04. The molecule has 3 aromatic rings. The van der Waals surface area contributed by atoms with Crippen LogP contribution in [0.5, 0.6) is 17.2 Å². The van der Waals surface area contributed by atoms with E-state index in [2.05, 4.69) is 15.5 Å². The zero-order valence-corrected chi connectivity index (χ0v) is 20.0. The lowest BCUT2D eigenvalue weighted by atomic mass is 9.94. The minimum Gasteiger partial charge on any atom is -0.504 e. The van der Waals surface area contributed by atoms with Gasteiger partial charge >= 0.3 is 6.03 Å². The molecule has 10 heteroatoms. The summed E-state index contributed by atoms with van der Waals surface area (Å²) in [6, 6.07) is 8.34. The number of nitrogens with zero attached hydrogens (tertiary/aromatic N) is 3. The van der Waals surface area contributed by atoms with E-state index in [4.69, 9.17) is 14.0 Å². The lowest BCUT2D eigenvalue weighted by Gasteiger charge is -2.35. The molecule has 35 heavy (non-hydrogen) atoms. The number of unbranched alkanes of at least 4 members (excludes halogenated alkanes) is 1. The van der Waals surface area contributed by atoms with Gasteiger partial charge in [0.2, 0.25) is 5.82 Å². The number of rotatable bonds is 8. The van der Waals surface area contributed by atoms with Gasteiger partial charge in [-0.15, -0.1) is 0 Å². The van der Waals surface area contributed by atoms with Crippen LogP contribution in [0.15, 0.2) is 46.6 Å². The van der Waals surface area contributed by atoms with Crippen molar-refractivity contribution in [2.75, 3.05) is 20.8 Å². The van der Waals surface area contributed by atoms with Gasteiger partial charge in [-0.05, 0) is 49.2 Å². The number of hydrogen-bond acceptors (Lipinski definition) is 7. The molecular weight excluding hydrogens is 455 g/mol. The summed E-state index contributed by atoms with van der Waals surface area (Å²) in [7, 11) is 2.85. The fraction of sp³-hybridized carbons (Fsp3) is 0.320. The third-order valence-corrected chi connectivity index (χ3v) is 5.93. The maximum Gasteiger partial charge on any atom is 0.322 e. The Labute approximate surface area is 202 Å². The average Bonchev–Trinajstić information content (AvgIpc) is 3.33. The zero-order chi connectivity index (χ0) is 25.1. The van der Waals surface area contributed by atoms with Crippen molar-refractivity contribution in [3.63, 3.8) is 0 Å². The van der Waals surface area contributed by atoms with Crippen molar-refractivity contribution in [2.24, 2.45) is 0 Å². The van der Waals surface area contributed by atoms with E-state index in [9.17, 15) is 14.3 Å². The highest BCUT2D eigenvalue weighted by Gasteiger charge is 2.36. The maximum atomic E-state index is 14.2. The molecule has 1 unspecified atom stereocenters. The molecule has 4 rings (SSSR count). The van der Waals surface area contributed by atoms with Crippen molar-refractivity contribution in [3.8, 4) is 28.6 Å². The predicted molar refractivity (Wildman–Crippen MR) is 126 cm³/mol. The first-order valence-corrected chi connectivity index (χ1v) is 11.2. The Kier molecular flexibility index (Phi) is 6.90. The Morgan fingerprint density at radius 3 is 2.57 bits per heavy atom. The van der Waals surface area contributed by atoms with Gasteiger partial charge < -0.3 is 24.4 Å². The zero-order valence-electron chi connectivity index (χ0n) is 20.0. The molecule has 0 radical (unpaired) electrons. The van der Waals surface area contributed by atoms with Crippen molar-refractivity contribution in [2.45, 2.75) is 32.7 Å². The van der Waals surface area contributed by atoms with Crippen LogP contribution in [-0.4, -0.2) is 46.9 Å². The number of phenols is 1. The molecule has 1 aliphatic heterocycles. The SMILES string of the molecule is CCCCN1C(=O)NC(c2ccc(OC)c(O)c2)C(c2nc(-c3ccc(OC)c(F)c3)no2)=C1C. The van der Waals surface area contributed by atoms with E-state index in [-0.39, 0.29) is 29.2 Å². The van der Waals surface area contributed by atoms with Crippen LogP contribution >= 0.6 is 0 Å². The van der Waals surface area contributed by atoms with Crippen LogP contribution < -0.4 is 14.8 Å². The van der Waals surface area contributed by atoms with Gasteiger partial charge in [-0.1, -0.05) is 24.6 Å². The number of phenolic OH excluding ortho intramolecular Hbond substituents is 1. The molecule has 1 atom stereocenters. The number of ether oxygens (including phenoxy) is 2. The number of urea groups is 1. The third-order valence-electron chi connectivity index (χ3n) is 5.93. The molecule has 2 heterocycles. The number of benzene rings is 2. The molecule has 0 bridgehead atoms. The monoisotopic (exact) mass is 482 g/mol. The standard InChI is InChI=1S/C25H27FN4O5/c1-5-6-11-30-14(2)21(22(27-25(30)32)15-7-10-20(34-4)18(31)13-15)24-28-23(29-35-24)16-8-9-19(33-3)17(26)12-16/h7-10,12-13,22,31H,5-6,11H2,1-4H3,(H,27,32). The molecule has 0 saturated heterocycles. The molecule has 2 amide bonds. The molecule has 0 aliphatic carbocycles. The third kappa shape index (κ3) is 4.64. The van der Waals surface area contributed by atoms with Crippen LogP contribution in [0.1, 0.15) is 44.2 Å². The fourth-order valence-corrected chi connectivity index (χ4v) is 4.04. The van der Waals surface area contributed by atoms with Crippen LogP contribution in [0, 0.1) is 5.82 Å². The van der Waals surface area contributed by atoms with Crippen molar-refractivity contribution in [1.29, 1.82) is 0 Å². The molecule has 2 aromatic carbocycles. The number of aromatic hydroxyl groups is 1. The second kappa shape index (κ2) is 10.0. The molecule has 1 aromatic heterocycles. The summed E-state index contributed by atoms with van der Waals surface area (Å²) in [5, 5.41) is 17.4. The molecule has 0 saturated carbocycles. The Morgan fingerprint density at radius 1 is 1.17 bits per heavy atom. The summed E-state index contributed by atoms with van der Waals surface area (Å²) in [6.45, 7) is 4.38. The number of allylic oxidation sites excluding steroid dienone is 1. The average molecular weight is 483 g/mol. The summed E-state index contributed by atoms with van der Waals surface area (Å²) < 4.78 is 30.0. The van der Waals surface area contributed by atoms with Crippen LogP contribution in [0.3, 0.4) is 0 Å². The van der Waals surface area contributed by atoms with Gasteiger partial charge in [0, 0.05) is 17.8 Å². The summed E-state index contributed by atoms with van der Waals surface area (Å²) >= 11 is 0. The quantitative estimate of drug-likeness (QED) is 0.470. The minimum atomic E-state index is -0.668. The first-order valence-electron chi connectivity index (χ1n) is 11.2. The second-order valence-corrected chi connectivity index (χ2v) is 8.09. The highest BCUT2D eigenvalue weighted by atomic mass is 19.1. The van der Waals surface area contributed by atoms with Gasteiger partial charge in [0.1, 0.15) is 0 Å². The van der Waals surface area contributed by atoms with Crippen molar-refractivity contribution < 1.29 is 28.3 Å². The molecule has 2 N–H and O–H groups in total. The summed E-state index contributed by atoms with van der Waals surface area (Å²) in [4.78, 5) is 19.1. The van der Waals surface area contributed by atoms with E-state index in [0.29, 0.717) is 34.7 Å². The predicted octanol–water partition coefficient (Wildman–Crippen LogP) is 4.90. The van der Waals surface area contributed by atoms with E-state index in [1.807, 2.05) is 13.8 Å². The molecule has 0 fully saturated rings. The number of methoxy groups -OCH3 is 2. The van der Waals surface area contributed by atoms with Gasteiger partial charge in [-0.3, -0.25) is 4.90 Å². The number of amides is 2. The second-order valence-electron chi connectivity index (χ2n) is 8.09. The van der Waals surface area contributed by atoms with Gasteiger partial charge in [0.25, 0.3) is 5.89 Å². The Hall–Kier alpha value is -4.08.